The minimum Gasteiger partial charge on any atom is -0.342 e. The highest BCUT2D eigenvalue weighted by Gasteiger charge is 2.34. The third-order valence-corrected chi connectivity index (χ3v) is 8.04. The lowest BCUT2D eigenvalue weighted by molar-refractivity contribution is -0.123. The van der Waals surface area contributed by atoms with Gasteiger partial charge in [0.1, 0.15) is 0 Å². The summed E-state index contributed by atoms with van der Waals surface area (Å²) in [6, 6.07) is 18.4. The van der Waals surface area contributed by atoms with E-state index < -0.39 is 11.8 Å². The molecule has 3 aromatic carbocycles. The van der Waals surface area contributed by atoms with E-state index >= 15 is 0 Å². The molecule has 0 atom stereocenters. The minimum atomic E-state index is -0.515. The van der Waals surface area contributed by atoms with Crippen LogP contribution in [0.2, 0.25) is 15.1 Å². The number of carbonyl (C=O) groups is 2. The summed E-state index contributed by atoms with van der Waals surface area (Å²) in [5.74, 6) is -0.928. The quantitative estimate of drug-likeness (QED) is 0.194. The molecule has 1 aliphatic heterocycles. The number of thioether (sulfide) groups is 1. The fraction of sp³-hybridized carbons (Fsp3) is 0.0741. The first-order valence-electron chi connectivity index (χ1n) is 11.1. The zero-order chi connectivity index (χ0) is 26.3. The number of aryl methyl sites for hydroxylation is 1. The molecule has 1 fully saturated rings. The van der Waals surface area contributed by atoms with E-state index in [4.69, 9.17) is 47.0 Å². The molecular formula is C27H18Cl3N3O2S2. The first-order valence-corrected chi connectivity index (χ1v) is 13.4. The smallest absolute Gasteiger partial charge is 0.285 e. The second kappa shape index (κ2) is 10.5. The van der Waals surface area contributed by atoms with Crippen LogP contribution in [0.1, 0.15) is 27.0 Å². The Morgan fingerprint density at radius 2 is 1.84 bits per heavy atom. The van der Waals surface area contributed by atoms with E-state index in [1.165, 1.54) is 0 Å². The van der Waals surface area contributed by atoms with Crippen molar-refractivity contribution in [3.05, 3.63) is 109 Å². The minimum absolute atomic E-state index is 0.226. The zero-order valence-corrected chi connectivity index (χ0v) is 23.2. The average molecular weight is 587 g/mol. The molecule has 1 aromatic heterocycles. The van der Waals surface area contributed by atoms with Gasteiger partial charge in [-0.1, -0.05) is 76.9 Å². The van der Waals surface area contributed by atoms with Crippen molar-refractivity contribution in [2.45, 2.75) is 13.5 Å². The summed E-state index contributed by atoms with van der Waals surface area (Å²) in [6.45, 7) is 2.40. The van der Waals surface area contributed by atoms with Gasteiger partial charge in [-0.2, -0.15) is 5.01 Å². The normalized spacial score (nSPS) is 14.7. The molecule has 5 rings (SSSR count). The largest absolute Gasteiger partial charge is 0.342 e. The third-order valence-electron chi connectivity index (χ3n) is 5.84. The van der Waals surface area contributed by atoms with Gasteiger partial charge in [0.15, 0.2) is 4.32 Å². The molecule has 4 aromatic rings. The number of carbonyl (C=O) groups excluding carboxylic acids is 2. The van der Waals surface area contributed by atoms with Crippen LogP contribution in [0.3, 0.4) is 0 Å². The summed E-state index contributed by atoms with van der Waals surface area (Å²) in [5.41, 5.74) is 6.51. The lowest BCUT2D eigenvalue weighted by Gasteiger charge is -2.16. The standard InChI is InChI=1S/C27H18Cl3N3O2S2/c1-15-6-9-20(22(30)10-15)25(34)31-33-26(35)24(37-27(33)36)11-17-14-32(23-5-3-2-4-19(17)23)13-16-7-8-18(28)12-21(16)29/h2-12,14H,13H2,1H3,(H,31,34)/b24-11+. The Bertz CT molecular complexity index is 1630. The highest BCUT2D eigenvalue weighted by Crippen LogP contribution is 2.34. The first-order chi connectivity index (χ1) is 17.7. The van der Waals surface area contributed by atoms with Crippen molar-refractivity contribution in [2.75, 3.05) is 0 Å². The third kappa shape index (κ3) is 5.28. The molecule has 1 saturated heterocycles. The number of rotatable bonds is 5. The van der Waals surface area contributed by atoms with Crippen molar-refractivity contribution in [1.82, 2.24) is 15.0 Å². The molecule has 0 radical (unpaired) electrons. The average Bonchev–Trinajstić information content (AvgIpc) is 3.32. The van der Waals surface area contributed by atoms with Gasteiger partial charge >= 0.3 is 0 Å². The lowest BCUT2D eigenvalue weighted by Crippen LogP contribution is -2.44. The van der Waals surface area contributed by atoms with Gasteiger partial charge in [0.2, 0.25) is 0 Å². The number of amides is 2. The highest BCUT2D eigenvalue weighted by atomic mass is 35.5. The van der Waals surface area contributed by atoms with Crippen molar-refractivity contribution >= 4 is 91.9 Å². The topological polar surface area (TPSA) is 54.3 Å². The maximum atomic E-state index is 13.2. The molecule has 37 heavy (non-hydrogen) atoms. The van der Waals surface area contributed by atoms with E-state index in [2.05, 4.69) is 9.99 Å². The second-order valence-corrected chi connectivity index (χ2v) is 11.3. The Morgan fingerprint density at radius 1 is 1.05 bits per heavy atom. The summed E-state index contributed by atoms with van der Waals surface area (Å²) in [4.78, 5) is 26.4. The van der Waals surface area contributed by atoms with Crippen molar-refractivity contribution in [2.24, 2.45) is 0 Å². The van der Waals surface area contributed by atoms with E-state index in [9.17, 15) is 9.59 Å². The second-order valence-electron chi connectivity index (χ2n) is 8.41. The van der Waals surface area contributed by atoms with Gasteiger partial charge in [-0.05, 0) is 66.7 Å². The fourth-order valence-electron chi connectivity index (χ4n) is 4.03. The van der Waals surface area contributed by atoms with Crippen LogP contribution in [-0.2, 0) is 11.3 Å². The van der Waals surface area contributed by atoms with Crippen molar-refractivity contribution in [3.8, 4) is 0 Å². The van der Waals surface area contributed by atoms with Gasteiger partial charge in [0.25, 0.3) is 11.8 Å². The molecule has 0 aliphatic carbocycles. The molecule has 2 heterocycles. The lowest BCUT2D eigenvalue weighted by atomic mass is 10.1. The van der Waals surface area contributed by atoms with E-state index in [0.29, 0.717) is 26.5 Å². The van der Waals surface area contributed by atoms with Gasteiger partial charge in [-0.25, -0.2) is 0 Å². The summed E-state index contributed by atoms with van der Waals surface area (Å²) in [7, 11) is 0. The summed E-state index contributed by atoms with van der Waals surface area (Å²) in [5, 5.41) is 3.50. The molecule has 10 heteroatoms. The summed E-state index contributed by atoms with van der Waals surface area (Å²) >= 11 is 25.2. The van der Waals surface area contributed by atoms with Gasteiger partial charge in [-0.15, -0.1) is 0 Å². The first kappa shape index (κ1) is 25.8. The predicted molar refractivity (Wildman–Crippen MR) is 156 cm³/mol. The van der Waals surface area contributed by atoms with Crippen LogP contribution in [0.5, 0.6) is 0 Å². The zero-order valence-electron chi connectivity index (χ0n) is 19.3. The number of hydrogen-bond donors (Lipinski definition) is 1. The molecule has 2 amide bonds. The van der Waals surface area contributed by atoms with Gasteiger partial charge in [-0.3, -0.25) is 15.0 Å². The van der Waals surface area contributed by atoms with E-state index in [-0.39, 0.29) is 9.88 Å². The Morgan fingerprint density at radius 3 is 2.59 bits per heavy atom. The predicted octanol–water partition coefficient (Wildman–Crippen LogP) is 7.50. The molecule has 0 bridgehead atoms. The fourth-order valence-corrected chi connectivity index (χ4v) is 5.99. The van der Waals surface area contributed by atoms with E-state index in [1.54, 1.807) is 36.4 Å². The number of thiocarbonyl (C=S) groups is 1. The van der Waals surface area contributed by atoms with Gasteiger partial charge in [0.05, 0.1) is 15.5 Å². The number of halogens is 3. The number of nitrogens with zero attached hydrogens (tertiary/aromatic N) is 2. The van der Waals surface area contributed by atoms with Crippen molar-refractivity contribution in [3.63, 3.8) is 0 Å². The van der Waals surface area contributed by atoms with Gasteiger partial charge in [0, 0.05) is 39.3 Å². The Kier molecular flexibility index (Phi) is 7.34. The molecule has 1 N–H and O–H groups in total. The van der Waals surface area contributed by atoms with Crippen LogP contribution in [0.25, 0.3) is 17.0 Å². The number of fused-ring (bicyclic) bond motifs is 1. The molecule has 186 valence electrons. The molecule has 0 saturated carbocycles. The Balaban J connectivity index is 1.43. The summed E-state index contributed by atoms with van der Waals surface area (Å²) in [6.07, 6.45) is 3.75. The number of benzene rings is 3. The van der Waals surface area contributed by atoms with Crippen LogP contribution in [-0.4, -0.2) is 25.7 Å². The van der Waals surface area contributed by atoms with Crippen LogP contribution < -0.4 is 5.43 Å². The maximum Gasteiger partial charge on any atom is 0.285 e. The monoisotopic (exact) mass is 585 g/mol. The number of hydrogen-bond acceptors (Lipinski definition) is 4. The molecule has 5 nitrogen and oxygen atoms in total. The van der Waals surface area contributed by atoms with Crippen LogP contribution in [0.4, 0.5) is 0 Å². The number of aromatic nitrogens is 1. The number of nitrogens with one attached hydrogen (secondary N) is 1. The van der Waals surface area contributed by atoms with Crippen LogP contribution in [0, 0.1) is 6.92 Å². The SMILES string of the molecule is Cc1ccc(C(=O)NN2C(=O)/C(=C\c3cn(Cc4ccc(Cl)cc4Cl)c4ccccc34)SC2=S)c(Cl)c1. The maximum absolute atomic E-state index is 13.2. The number of hydrazine groups is 1. The number of para-hydroxylation sites is 1. The molecular weight excluding hydrogens is 569 g/mol. The van der Waals surface area contributed by atoms with Crippen LogP contribution >= 0.6 is 58.8 Å². The van der Waals surface area contributed by atoms with Crippen LogP contribution in [0.15, 0.2) is 71.8 Å². The van der Waals surface area contributed by atoms with E-state index in [0.717, 1.165) is 44.4 Å². The van der Waals surface area contributed by atoms with Crippen molar-refractivity contribution in [1.29, 1.82) is 0 Å². The molecule has 0 unspecified atom stereocenters. The van der Waals surface area contributed by atoms with E-state index in [1.807, 2.05) is 43.5 Å². The Hall–Kier alpha value is -2.81. The molecule has 1 aliphatic rings. The summed E-state index contributed by atoms with van der Waals surface area (Å²) < 4.78 is 2.29. The van der Waals surface area contributed by atoms with Crippen molar-refractivity contribution < 1.29 is 9.59 Å². The molecule has 0 spiro atoms. The Labute approximate surface area is 238 Å². The van der Waals surface area contributed by atoms with Gasteiger partial charge < -0.3 is 4.57 Å². The highest BCUT2D eigenvalue weighted by molar-refractivity contribution is 8.26.